The Morgan fingerprint density at radius 2 is 2.47 bits per heavy atom. The number of hydrogen-bond donors (Lipinski definition) is 2. The summed E-state index contributed by atoms with van der Waals surface area (Å²) >= 11 is 0. The molecule has 2 heterocycles. The van der Waals surface area contributed by atoms with Crippen LogP contribution in [0.1, 0.15) is 25.1 Å². The van der Waals surface area contributed by atoms with Crippen molar-refractivity contribution in [2.45, 2.75) is 25.8 Å². The lowest BCUT2D eigenvalue weighted by Gasteiger charge is -2.24. The first-order valence-electron chi connectivity index (χ1n) is 4.93. The Kier molecular flexibility index (Phi) is 2.44. The lowest BCUT2D eigenvalue weighted by Crippen LogP contribution is -2.46. The van der Waals surface area contributed by atoms with E-state index in [-0.39, 0.29) is 5.91 Å². The lowest BCUT2D eigenvalue weighted by atomic mass is 9.98. The number of amides is 1. The van der Waals surface area contributed by atoms with Gasteiger partial charge in [0.25, 0.3) is 5.89 Å². The van der Waals surface area contributed by atoms with Gasteiger partial charge in [-0.1, -0.05) is 5.16 Å². The Morgan fingerprint density at radius 3 is 2.93 bits per heavy atom. The monoisotopic (exact) mass is 210 g/mol. The average Bonchev–Trinajstić information content (AvgIpc) is 2.73. The Balaban J connectivity index is 2.29. The van der Waals surface area contributed by atoms with E-state index in [1.807, 2.05) is 0 Å². The first kappa shape index (κ1) is 10.1. The van der Waals surface area contributed by atoms with Crippen LogP contribution in [0.25, 0.3) is 0 Å². The van der Waals surface area contributed by atoms with Crippen molar-refractivity contribution in [2.75, 3.05) is 13.1 Å². The number of carbonyl (C=O) groups is 1. The minimum Gasteiger partial charge on any atom is -0.341 e. The number of nitrogens with one attached hydrogen (secondary N) is 2. The third-order valence-corrected chi connectivity index (χ3v) is 2.51. The van der Waals surface area contributed by atoms with Crippen molar-refractivity contribution in [2.24, 2.45) is 0 Å². The molecular weight excluding hydrogens is 196 g/mol. The molecule has 1 fully saturated rings. The molecule has 2 rings (SSSR count). The fourth-order valence-electron chi connectivity index (χ4n) is 1.86. The quantitative estimate of drug-likeness (QED) is 0.700. The maximum atomic E-state index is 11.2. The van der Waals surface area contributed by atoms with Gasteiger partial charge in [0.2, 0.25) is 5.91 Å². The fraction of sp³-hybridized carbons (Fsp3) is 0.667. The van der Waals surface area contributed by atoms with Gasteiger partial charge in [-0.3, -0.25) is 4.79 Å². The predicted octanol–water partition coefficient (Wildman–Crippen LogP) is -0.297. The van der Waals surface area contributed by atoms with E-state index >= 15 is 0 Å². The molecule has 1 unspecified atom stereocenters. The molecule has 0 spiro atoms. The van der Waals surface area contributed by atoms with Crippen LogP contribution in [0.3, 0.4) is 0 Å². The maximum Gasteiger partial charge on any atom is 0.253 e. The summed E-state index contributed by atoms with van der Waals surface area (Å²) < 4.78 is 5.14. The molecule has 0 aromatic carbocycles. The van der Waals surface area contributed by atoms with Crippen LogP contribution < -0.4 is 10.6 Å². The second kappa shape index (κ2) is 3.62. The average molecular weight is 210 g/mol. The number of nitrogens with zero attached hydrogens (tertiary/aromatic N) is 2. The van der Waals surface area contributed by atoms with Gasteiger partial charge in [0.05, 0.1) is 0 Å². The third kappa shape index (κ3) is 1.85. The Hall–Kier alpha value is -1.43. The van der Waals surface area contributed by atoms with E-state index in [4.69, 9.17) is 4.52 Å². The van der Waals surface area contributed by atoms with Crippen LogP contribution in [0.4, 0.5) is 0 Å². The van der Waals surface area contributed by atoms with E-state index < -0.39 is 5.54 Å². The molecule has 2 N–H and O–H groups in total. The van der Waals surface area contributed by atoms with E-state index in [1.54, 1.807) is 6.92 Å². The maximum absolute atomic E-state index is 11.2. The van der Waals surface area contributed by atoms with Crippen molar-refractivity contribution >= 4 is 5.91 Å². The minimum absolute atomic E-state index is 0.0884. The standard InChI is InChI=1S/C9H14N4O2/c1-6-11-8(15-13-6)9(12-7(2)14)3-4-10-5-9/h10H,3-5H2,1-2H3,(H,12,14). The lowest BCUT2D eigenvalue weighted by molar-refractivity contribution is -0.121. The van der Waals surface area contributed by atoms with Crippen molar-refractivity contribution < 1.29 is 9.32 Å². The van der Waals surface area contributed by atoms with E-state index in [0.717, 1.165) is 13.0 Å². The first-order chi connectivity index (χ1) is 7.12. The van der Waals surface area contributed by atoms with Crippen molar-refractivity contribution in [3.05, 3.63) is 11.7 Å². The molecule has 0 aliphatic carbocycles. The number of carbonyl (C=O) groups excluding carboxylic acids is 1. The highest BCUT2D eigenvalue weighted by Gasteiger charge is 2.41. The molecule has 1 aliphatic rings. The second-order valence-corrected chi connectivity index (χ2v) is 3.84. The van der Waals surface area contributed by atoms with Gasteiger partial charge in [0, 0.05) is 13.5 Å². The summed E-state index contributed by atoms with van der Waals surface area (Å²) in [7, 11) is 0. The first-order valence-corrected chi connectivity index (χ1v) is 4.93. The van der Waals surface area contributed by atoms with Gasteiger partial charge in [-0.15, -0.1) is 0 Å². The zero-order valence-electron chi connectivity index (χ0n) is 8.83. The van der Waals surface area contributed by atoms with Crippen LogP contribution in [-0.4, -0.2) is 29.1 Å². The van der Waals surface area contributed by atoms with Crippen LogP contribution in [0.5, 0.6) is 0 Å². The molecule has 0 bridgehead atoms. The van der Waals surface area contributed by atoms with Crippen LogP contribution in [0.2, 0.25) is 0 Å². The highest BCUT2D eigenvalue weighted by atomic mass is 16.5. The van der Waals surface area contributed by atoms with Crippen molar-refractivity contribution in [1.82, 2.24) is 20.8 Å². The molecule has 0 saturated carbocycles. The highest BCUT2D eigenvalue weighted by Crippen LogP contribution is 2.26. The molecule has 6 nitrogen and oxygen atoms in total. The fourth-order valence-corrected chi connectivity index (χ4v) is 1.86. The van der Waals surface area contributed by atoms with Gasteiger partial charge < -0.3 is 15.2 Å². The molecule has 0 radical (unpaired) electrons. The number of aromatic nitrogens is 2. The van der Waals surface area contributed by atoms with Crippen LogP contribution >= 0.6 is 0 Å². The van der Waals surface area contributed by atoms with E-state index in [0.29, 0.717) is 18.3 Å². The third-order valence-electron chi connectivity index (χ3n) is 2.51. The van der Waals surface area contributed by atoms with Gasteiger partial charge in [0.1, 0.15) is 5.54 Å². The van der Waals surface area contributed by atoms with E-state index in [9.17, 15) is 4.79 Å². The summed E-state index contributed by atoms with van der Waals surface area (Å²) in [5.74, 6) is 0.983. The zero-order chi connectivity index (χ0) is 10.9. The topological polar surface area (TPSA) is 80.1 Å². The molecule has 6 heteroatoms. The molecule has 1 aliphatic heterocycles. The summed E-state index contributed by atoms with van der Waals surface area (Å²) in [6, 6.07) is 0. The SMILES string of the molecule is CC(=O)NC1(c2nc(C)no2)CCNC1. The molecule has 1 aromatic heterocycles. The van der Waals surface area contributed by atoms with Gasteiger partial charge in [0.15, 0.2) is 5.82 Å². The summed E-state index contributed by atoms with van der Waals surface area (Å²) in [5, 5.41) is 9.82. The summed E-state index contributed by atoms with van der Waals surface area (Å²) in [6.07, 6.45) is 0.772. The number of hydrogen-bond acceptors (Lipinski definition) is 5. The zero-order valence-corrected chi connectivity index (χ0v) is 8.83. The van der Waals surface area contributed by atoms with Gasteiger partial charge in [-0.25, -0.2) is 0 Å². The molecular formula is C9H14N4O2. The van der Waals surface area contributed by atoms with E-state index in [1.165, 1.54) is 6.92 Å². The number of aryl methyl sites for hydroxylation is 1. The molecule has 15 heavy (non-hydrogen) atoms. The molecule has 82 valence electrons. The molecule has 1 saturated heterocycles. The second-order valence-electron chi connectivity index (χ2n) is 3.84. The van der Waals surface area contributed by atoms with E-state index in [2.05, 4.69) is 20.8 Å². The molecule has 1 amide bonds. The number of rotatable bonds is 2. The van der Waals surface area contributed by atoms with Gasteiger partial charge >= 0.3 is 0 Å². The van der Waals surface area contributed by atoms with Crippen molar-refractivity contribution in [3.63, 3.8) is 0 Å². The highest BCUT2D eigenvalue weighted by molar-refractivity contribution is 5.74. The van der Waals surface area contributed by atoms with Crippen LogP contribution in [0.15, 0.2) is 4.52 Å². The molecule has 1 atom stereocenters. The molecule has 1 aromatic rings. The normalized spacial score (nSPS) is 25.5. The summed E-state index contributed by atoms with van der Waals surface area (Å²) in [5.41, 5.74) is -0.521. The Bertz CT molecular complexity index is 368. The summed E-state index contributed by atoms with van der Waals surface area (Å²) in [4.78, 5) is 15.3. The van der Waals surface area contributed by atoms with Crippen molar-refractivity contribution in [3.8, 4) is 0 Å². The minimum atomic E-state index is -0.521. The predicted molar refractivity (Wildman–Crippen MR) is 52.0 cm³/mol. The van der Waals surface area contributed by atoms with Crippen LogP contribution in [-0.2, 0) is 10.3 Å². The van der Waals surface area contributed by atoms with Gasteiger partial charge in [-0.2, -0.15) is 4.98 Å². The Labute approximate surface area is 87.4 Å². The van der Waals surface area contributed by atoms with Crippen LogP contribution in [0, 0.1) is 6.92 Å². The largest absolute Gasteiger partial charge is 0.341 e. The van der Waals surface area contributed by atoms with Gasteiger partial charge in [-0.05, 0) is 19.9 Å². The smallest absolute Gasteiger partial charge is 0.253 e. The van der Waals surface area contributed by atoms with Crippen molar-refractivity contribution in [1.29, 1.82) is 0 Å². The summed E-state index contributed by atoms with van der Waals surface area (Å²) in [6.45, 7) is 4.72. The Morgan fingerprint density at radius 1 is 1.67 bits per heavy atom.